The summed E-state index contributed by atoms with van der Waals surface area (Å²) < 4.78 is 0. The molecule has 7 nitrogen and oxygen atoms in total. The second kappa shape index (κ2) is 10.3. The van der Waals surface area contributed by atoms with Gasteiger partial charge in [-0.1, -0.05) is 36.4 Å². The van der Waals surface area contributed by atoms with E-state index >= 15 is 0 Å². The Labute approximate surface area is 169 Å². The molecule has 0 bridgehead atoms. The average Bonchev–Trinajstić information content (AvgIpc) is 2.77. The first kappa shape index (κ1) is 20.4. The van der Waals surface area contributed by atoms with E-state index < -0.39 is 5.91 Å². The molecule has 0 unspecified atom stereocenters. The van der Waals surface area contributed by atoms with Crippen LogP contribution in [0.5, 0.6) is 0 Å². The molecule has 2 aromatic rings. The van der Waals surface area contributed by atoms with Gasteiger partial charge >= 0.3 is 0 Å². The number of hydroxylamine groups is 1. The predicted molar refractivity (Wildman–Crippen MR) is 111 cm³/mol. The van der Waals surface area contributed by atoms with Crippen LogP contribution in [0, 0.1) is 0 Å². The molecule has 2 heterocycles. The highest BCUT2D eigenvalue weighted by atomic mass is 16.5. The number of aromatic nitrogens is 1. The van der Waals surface area contributed by atoms with E-state index in [1.54, 1.807) is 24.3 Å². The summed E-state index contributed by atoms with van der Waals surface area (Å²) in [4.78, 5) is 32.0. The fraction of sp³-hybridized carbons (Fsp3) is 0.227. The number of benzene rings is 1. The van der Waals surface area contributed by atoms with Crippen molar-refractivity contribution in [3.8, 4) is 0 Å². The third-order valence-electron chi connectivity index (χ3n) is 4.64. The highest BCUT2D eigenvalue weighted by molar-refractivity contribution is 5.92. The molecule has 3 rings (SSSR count). The average molecular weight is 392 g/mol. The van der Waals surface area contributed by atoms with Crippen LogP contribution in [0.15, 0.2) is 60.7 Å². The molecule has 1 aliphatic heterocycles. The van der Waals surface area contributed by atoms with Crippen molar-refractivity contribution in [3.05, 3.63) is 77.6 Å². The van der Waals surface area contributed by atoms with Gasteiger partial charge in [-0.25, -0.2) is 10.5 Å². The van der Waals surface area contributed by atoms with Crippen LogP contribution in [0.3, 0.4) is 0 Å². The Bertz CT molecular complexity index is 888. The maximum Gasteiger partial charge on any atom is 0.267 e. The highest BCUT2D eigenvalue weighted by Crippen LogP contribution is 2.10. The molecule has 0 saturated carbocycles. The van der Waals surface area contributed by atoms with Gasteiger partial charge in [0.05, 0.1) is 11.4 Å². The van der Waals surface area contributed by atoms with E-state index in [2.05, 4.69) is 22.0 Å². The molecule has 1 saturated heterocycles. The summed E-state index contributed by atoms with van der Waals surface area (Å²) >= 11 is 0. The van der Waals surface area contributed by atoms with E-state index in [4.69, 9.17) is 5.21 Å². The molecule has 0 spiro atoms. The van der Waals surface area contributed by atoms with Crippen LogP contribution in [0.2, 0.25) is 0 Å². The number of piperazine rings is 1. The van der Waals surface area contributed by atoms with Crippen molar-refractivity contribution in [1.82, 2.24) is 20.3 Å². The van der Waals surface area contributed by atoms with Crippen LogP contribution < -0.4 is 5.48 Å². The SMILES string of the molecule is O=C(C=Cc1cccc(C=CC(=O)N2CCN(Cc3ccccc3)CC2)n1)NO. The molecular formula is C22H24N4O3. The van der Waals surface area contributed by atoms with Crippen molar-refractivity contribution in [3.63, 3.8) is 0 Å². The summed E-state index contributed by atoms with van der Waals surface area (Å²) in [6.45, 7) is 3.99. The number of rotatable bonds is 6. The summed E-state index contributed by atoms with van der Waals surface area (Å²) in [5, 5.41) is 8.50. The number of hydrogen-bond acceptors (Lipinski definition) is 5. The standard InChI is InChI=1S/C22H24N4O3/c27-21(24-29)11-9-19-7-4-8-20(23-19)10-12-22(28)26-15-13-25(14-16-26)17-18-5-2-1-3-6-18/h1-12,29H,13-17H2,(H,24,27). The van der Waals surface area contributed by atoms with E-state index in [1.807, 2.05) is 23.1 Å². The lowest BCUT2D eigenvalue weighted by atomic mass is 10.2. The number of carbonyl (C=O) groups excluding carboxylic acids is 2. The Morgan fingerprint density at radius 2 is 1.59 bits per heavy atom. The van der Waals surface area contributed by atoms with E-state index in [0.29, 0.717) is 24.5 Å². The van der Waals surface area contributed by atoms with Crippen molar-refractivity contribution in [2.45, 2.75) is 6.54 Å². The summed E-state index contributed by atoms with van der Waals surface area (Å²) in [5.74, 6) is -0.666. The second-order valence-corrected chi connectivity index (χ2v) is 6.72. The monoisotopic (exact) mass is 392 g/mol. The van der Waals surface area contributed by atoms with Gasteiger partial charge < -0.3 is 4.90 Å². The second-order valence-electron chi connectivity index (χ2n) is 6.72. The van der Waals surface area contributed by atoms with Crippen LogP contribution in [0.1, 0.15) is 17.0 Å². The lowest BCUT2D eigenvalue weighted by molar-refractivity contribution is -0.127. The molecule has 1 aromatic heterocycles. The number of amides is 2. The number of nitrogens with zero attached hydrogens (tertiary/aromatic N) is 3. The van der Waals surface area contributed by atoms with Gasteiger partial charge in [0.1, 0.15) is 0 Å². The molecule has 0 aliphatic carbocycles. The van der Waals surface area contributed by atoms with Gasteiger partial charge in [-0.15, -0.1) is 0 Å². The Balaban J connectivity index is 1.51. The first-order valence-corrected chi connectivity index (χ1v) is 9.46. The summed E-state index contributed by atoms with van der Waals surface area (Å²) in [6, 6.07) is 15.6. The van der Waals surface area contributed by atoms with Gasteiger partial charge in [0.15, 0.2) is 0 Å². The number of hydrogen-bond donors (Lipinski definition) is 2. The Morgan fingerprint density at radius 1 is 0.931 bits per heavy atom. The summed E-state index contributed by atoms with van der Waals surface area (Å²) in [5.41, 5.74) is 3.97. The lowest BCUT2D eigenvalue weighted by Crippen LogP contribution is -2.47. The van der Waals surface area contributed by atoms with E-state index in [9.17, 15) is 9.59 Å². The molecule has 29 heavy (non-hydrogen) atoms. The Hall–Kier alpha value is -3.29. The molecule has 0 atom stereocenters. The van der Waals surface area contributed by atoms with Crippen LogP contribution in [0.25, 0.3) is 12.2 Å². The van der Waals surface area contributed by atoms with Crippen LogP contribution in [0.4, 0.5) is 0 Å². The zero-order valence-corrected chi connectivity index (χ0v) is 16.1. The molecule has 150 valence electrons. The maximum atomic E-state index is 12.5. The van der Waals surface area contributed by atoms with Crippen molar-refractivity contribution in [2.24, 2.45) is 0 Å². The molecule has 7 heteroatoms. The van der Waals surface area contributed by atoms with Crippen LogP contribution in [-0.2, 0) is 16.1 Å². The van der Waals surface area contributed by atoms with Crippen molar-refractivity contribution in [1.29, 1.82) is 0 Å². The largest absolute Gasteiger partial charge is 0.337 e. The summed E-state index contributed by atoms with van der Waals surface area (Å²) in [7, 11) is 0. The first-order chi connectivity index (χ1) is 14.1. The molecule has 2 amide bonds. The van der Waals surface area contributed by atoms with E-state index in [0.717, 1.165) is 19.6 Å². The first-order valence-electron chi connectivity index (χ1n) is 9.46. The molecular weight excluding hydrogens is 368 g/mol. The molecule has 1 fully saturated rings. The highest BCUT2D eigenvalue weighted by Gasteiger charge is 2.19. The van der Waals surface area contributed by atoms with Gasteiger partial charge in [-0.2, -0.15) is 0 Å². The quantitative estimate of drug-likeness (QED) is 0.446. The van der Waals surface area contributed by atoms with E-state index in [-0.39, 0.29) is 5.91 Å². The zero-order chi connectivity index (χ0) is 20.5. The van der Waals surface area contributed by atoms with Gasteiger partial charge in [0.25, 0.3) is 5.91 Å². The molecule has 2 N–H and O–H groups in total. The fourth-order valence-corrected chi connectivity index (χ4v) is 3.08. The fourth-order valence-electron chi connectivity index (χ4n) is 3.08. The van der Waals surface area contributed by atoms with Crippen LogP contribution in [-0.4, -0.2) is 58.0 Å². The van der Waals surface area contributed by atoms with Gasteiger partial charge in [0, 0.05) is 44.9 Å². The zero-order valence-electron chi connectivity index (χ0n) is 16.1. The molecule has 1 aliphatic rings. The van der Waals surface area contributed by atoms with Gasteiger partial charge in [-0.3, -0.25) is 19.7 Å². The van der Waals surface area contributed by atoms with Crippen molar-refractivity contribution in [2.75, 3.05) is 26.2 Å². The normalized spacial score (nSPS) is 15.1. The van der Waals surface area contributed by atoms with E-state index in [1.165, 1.54) is 29.3 Å². The van der Waals surface area contributed by atoms with Crippen molar-refractivity contribution >= 4 is 24.0 Å². The Kier molecular flexibility index (Phi) is 7.27. The predicted octanol–water partition coefficient (Wildman–Crippen LogP) is 1.96. The topological polar surface area (TPSA) is 85.8 Å². The Morgan fingerprint density at radius 3 is 2.24 bits per heavy atom. The molecule has 1 aromatic carbocycles. The lowest BCUT2D eigenvalue weighted by Gasteiger charge is -2.34. The minimum Gasteiger partial charge on any atom is -0.337 e. The third-order valence-corrected chi connectivity index (χ3v) is 4.64. The van der Waals surface area contributed by atoms with Gasteiger partial charge in [0.2, 0.25) is 5.91 Å². The smallest absolute Gasteiger partial charge is 0.267 e. The number of carbonyl (C=O) groups is 2. The van der Waals surface area contributed by atoms with Gasteiger partial charge in [-0.05, 0) is 29.8 Å². The minimum atomic E-state index is -0.630. The molecule has 0 radical (unpaired) electrons. The maximum absolute atomic E-state index is 12.5. The third kappa shape index (κ3) is 6.38. The van der Waals surface area contributed by atoms with Crippen molar-refractivity contribution < 1.29 is 14.8 Å². The number of pyridine rings is 1. The number of nitrogens with one attached hydrogen (secondary N) is 1. The minimum absolute atomic E-state index is 0.0354. The summed E-state index contributed by atoms with van der Waals surface area (Å²) in [6.07, 6.45) is 5.86. The van der Waals surface area contributed by atoms with Crippen LogP contribution >= 0.6 is 0 Å².